The van der Waals surface area contributed by atoms with Gasteiger partial charge in [0.2, 0.25) is 0 Å². The number of aromatic amines is 1. The number of nitrogen functional groups attached to an aromatic ring is 1. The SMILES string of the molecule is Nc1cccc(-n2ccc(C(=O)NCc3cn[nH]c3)n2)c1. The molecule has 0 saturated heterocycles. The van der Waals surface area contributed by atoms with Gasteiger partial charge >= 0.3 is 0 Å². The summed E-state index contributed by atoms with van der Waals surface area (Å²) in [5.41, 5.74) is 8.44. The van der Waals surface area contributed by atoms with Gasteiger partial charge in [-0.25, -0.2) is 4.68 Å². The highest BCUT2D eigenvalue weighted by atomic mass is 16.1. The second-order valence-corrected chi connectivity index (χ2v) is 4.53. The van der Waals surface area contributed by atoms with Crippen LogP contribution < -0.4 is 11.1 Å². The smallest absolute Gasteiger partial charge is 0.272 e. The Hall–Kier alpha value is -3.09. The first-order valence-electron chi connectivity index (χ1n) is 6.40. The first-order valence-corrected chi connectivity index (χ1v) is 6.40. The van der Waals surface area contributed by atoms with Crippen LogP contribution in [0.2, 0.25) is 0 Å². The van der Waals surface area contributed by atoms with Gasteiger partial charge in [-0.05, 0) is 24.3 Å². The van der Waals surface area contributed by atoms with Gasteiger partial charge in [-0.2, -0.15) is 10.2 Å². The van der Waals surface area contributed by atoms with E-state index in [2.05, 4.69) is 20.6 Å². The van der Waals surface area contributed by atoms with Crippen molar-refractivity contribution in [2.75, 3.05) is 5.73 Å². The van der Waals surface area contributed by atoms with Gasteiger partial charge in [-0.1, -0.05) is 6.07 Å². The van der Waals surface area contributed by atoms with Gasteiger partial charge in [0.25, 0.3) is 5.91 Å². The lowest BCUT2D eigenvalue weighted by Gasteiger charge is -2.02. The third-order valence-electron chi connectivity index (χ3n) is 2.96. The Morgan fingerprint density at radius 1 is 1.38 bits per heavy atom. The van der Waals surface area contributed by atoms with Gasteiger partial charge < -0.3 is 11.1 Å². The van der Waals surface area contributed by atoms with E-state index in [1.54, 1.807) is 41.5 Å². The summed E-state index contributed by atoms with van der Waals surface area (Å²) in [7, 11) is 0. The van der Waals surface area contributed by atoms with Crippen molar-refractivity contribution < 1.29 is 4.79 Å². The molecule has 0 atom stereocenters. The minimum Gasteiger partial charge on any atom is -0.399 e. The monoisotopic (exact) mass is 282 g/mol. The molecule has 0 unspecified atom stereocenters. The Morgan fingerprint density at radius 2 is 2.29 bits per heavy atom. The van der Waals surface area contributed by atoms with Gasteiger partial charge in [0.1, 0.15) is 0 Å². The quantitative estimate of drug-likeness (QED) is 0.624. The number of carbonyl (C=O) groups excluding carboxylic acids is 1. The summed E-state index contributed by atoms with van der Waals surface area (Å²) in [5, 5.41) is 13.5. The van der Waals surface area contributed by atoms with Crippen LogP contribution in [0.5, 0.6) is 0 Å². The van der Waals surface area contributed by atoms with Crippen molar-refractivity contribution in [1.82, 2.24) is 25.3 Å². The molecular weight excluding hydrogens is 268 g/mol. The van der Waals surface area contributed by atoms with Gasteiger partial charge in [0.15, 0.2) is 5.69 Å². The molecule has 2 aromatic heterocycles. The average molecular weight is 282 g/mol. The van der Waals surface area contributed by atoms with Crippen LogP contribution in [-0.4, -0.2) is 25.9 Å². The number of benzene rings is 1. The molecule has 0 aliphatic heterocycles. The van der Waals surface area contributed by atoms with E-state index < -0.39 is 0 Å². The lowest BCUT2D eigenvalue weighted by atomic mass is 10.3. The van der Waals surface area contributed by atoms with E-state index in [0.29, 0.717) is 17.9 Å². The van der Waals surface area contributed by atoms with Crippen molar-refractivity contribution in [3.63, 3.8) is 0 Å². The molecule has 0 aliphatic carbocycles. The molecule has 3 rings (SSSR count). The fraction of sp³-hybridized carbons (Fsp3) is 0.0714. The number of nitrogens with zero attached hydrogens (tertiary/aromatic N) is 3. The minimum atomic E-state index is -0.237. The van der Waals surface area contributed by atoms with Crippen molar-refractivity contribution in [2.24, 2.45) is 0 Å². The van der Waals surface area contributed by atoms with Crippen LogP contribution in [0.25, 0.3) is 5.69 Å². The molecule has 0 fully saturated rings. The third-order valence-corrected chi connectivity index (χ3v) is 2.96. The fourth-order valence-electron chi connectivity index (χ4n) is 1.90. The normalized spacial score (nSPS) is 10.5. The number of hydrogen-bond donors (Lipinski definition) is 3. The summed E-state index contributed by atoms with van der Waals surface area (Å²) >= 11 is 0. The van der Waals surface area contributed by atoms with E-state index >= 15 is 0 Å². The number of anilines is 1. The molecule has 106 valence electrons. The van der Waals surface area contributed by atoms with Crippen molar-refractivity contribution in [2.45, 2.75) is 6.54 Å². The summed E-state index contributed by atoms with van der Waals surface area (Å²) < 4.78 is 1.61. The molecule has 2 heterocycles. The molecule has 1 aromatic carbocycles. The Bertz CT molecular complexity index is 746. The molecule has 0 bridgehead atoms. The van der Waals surface area contributed by atoms with Crippen LogP contribution in [0.15, 0.2) is 48.9 Å². The number of hydrogen-bond acceptors (Lipinski definition) is 4. The van der Waals surface area contributed by atoms with Crippen LogP contribution in [0.3, 0.4) is 0 Å². The van der Waals surface area contributed by atoms with Crippen molar-refractivity contribution >= 4 is 11.6 Å². The lowest BCUT2D eigenvalue weighted by Crippen LogP contribution is -2.23. The molecule has 0 aliphatic rings. The van der Waals surface area contributed by atoms with Crippen molar-refractivity contribution in [1.29, 1.82) is 0 Å². The number of aromatic nitrogens is 4. The first kappa shape index (κ1) is 12.9. The molecule has 7 nitrogen and oxygen atoms in total. The predicted molar refractivity (Wildman–Crippen MR) is 77.7 cm³/mol. The fourth-order valence-corrected chi connectivity index (χ4v) is 1.90. The molecule has 21 heavy (non-hydrogen) atoms. The highest BCUT2D eigenvalue weighted by molar-refractivity contribution is 5.92. The maximum Gasteiger partial charge on any atom is 0.272 e. The van der Waals surface area contributed by atoms with Crippen LogP contribution in [-0.2, 0) is 6.54 Å². The predicted octanol–water partition coefficient (Wildman–Crippen LogP) is 1.11. The summed E-state index contributed by atoms with van der Waals surface area (Å²) in [6.45, 7) is 0.403. The van der Waals surface area contributed by atoms with Crippen LogP contribution in [0.4, 0.5) is 5.69 Å². The molecule has 0 saturated carbocycles. The molecule has 4 N–H and O–H groups in total. The zero-order chi connectivity index (χ0) is 14.7. The molecular formula is C14H14N6O. The zero-order valence-corrected chi connectivity index (χ0v) is 11.2. The van der Waals surface area contributed by atoms with Gasteiger partial charge in [0.05, 0.1) is 11.9 Å². The van der Waals surface area contributed by atoms with E-state index in [-0.39, 0.29) is 5.91 Å². The Labute approximate surface area is 120 Å². The van der Waals surface area contributed by atoms with Gasteiger partial charge in [-0.15, -0.1) is 0 Å². The van der Waals surface area contributed by atoms with Crippen LogP contribution in [0.1, 0.15) is 16.1 Å². The molecule has 7 heteroatoms. The summed E-state index contributed by atoms with van der Waals surface area (Å²) in [6.07, 6.45) is 5.11. The number of rotatable bonds is 4. The third kappa shape index (κ3) is 2.92. The number of carbonyl (C=O) groups is 1. The summed E-state index contributed by atoms with van der Waals surface area (Å²) in [5.74, 6) is -0.237. The van der Waals surface area contributed by atoms with E-state index in [1.165, 1.54) is 0 Å². The molecule has 1 amide bonds. The van der Waals surface area contributed by atoms with E-state index in [9.17, 15) is 4.79 Å². The lowest BCUT2D eigenvalue weighted by molar-refractivity contribution is 0.0945. The molecule has 0 radical (unpaired) electrons. The van der Waals surface area contributed by atoms with E-state index in [4.69, 9.17) is 5.73 Å². The Kier molecular flexibility index (Phi) is 3.38. The minimum absolute atomic E-state index is 0.237. The largest absolute Gasteiger partial charge is 0.399 e. The summed E-state index contributed by atoms with van der Waals surface area (Å²) in [4.78, 5) is 12.0. The highest BCUT2D eigenvalue weighted by Gasteiger charge is 2.10. The number of nitrogens with one attached hydrogen (secondary N) is 2. The second-order valence-electron chi connectivity index (χ2n) is 4.53. The zero-order valence-electron chi connectivity index (χ0n) is 11.2. The standard InChI is InChI=1S/C14H14N6O/c15-11-2-1-3-12(6-11)20-5-4-13(19-20)14(21)16-7-10-8-17-18-9-10/h1-6,8-9H,7,15H2,(H,16,21)(H,17,18). The maximum atomic E-state index is 12.0. The van der Waals surface area contributed by atoms with Gasteiger partial charge in [-0.3, -0.25) is 9.89 Å². The molecule has 3 aromatic rings. The summed E-state index contributed by atoms with van der Waals surface area (Å²) in [6, 6.07) is 8.96. The Morgan fingerprint density at radius 3 is 3.05 bits per heavy atom. The first-order chi connectivity index (χ1) is 10.2. The second kappa shape index (κ2) is 5.49. The van der Waals surface area contributed by atoms with E-state index in [0.717, 1.165) is 11.3 Å². The number of nitrogens with two attached hydrogens (primary N) is 1. The number of H-pyrrole nitrogens is 1. The highest BCUT2D eigenvalue weighted by Crippen LogP contribution is 2.11. The van der Waals surface area contributed by atoms with E-state index in [1.807, 2.05) is 12.1 Å². The van der Waals surface area contributed by atoms with Gasteiger partial charge in [0, 0.05) is 30.2 Å². The topological polar surface area (TPSA) is 102 Å². The van der Waals surface area contributed by atoms with Crippen LogP contribution in [0, 0.1) is 0 Å². The Balaban J connectivity index is 1.71. The van der Waals surface area contributed by atoms with Crippen molar-refractivity contribution in [3.05, 3.63) is 60.2 Å². The van der Waals surface area contributed by atoms with Crippen LogP contribution >= 0.6 is 0 Å². The maximum absolute atomic E-state index is 12.0. The average Bonchev–Trinajstić information content (AvgIpc) is 3.16. The van der Waals surface area contributed by atoms with Crippen molar-refractivity contribution in [3.8, 4) is 5.69 Å². The molecule has 0 spiro atoms. The number of amides is 1.